The van der Waals surface area contributed by atoms with E-state index >= 15 is 0 Å². The van der Waals surface area contributed by atoms with Crippen LogP contribution in [0.15, 0.2) is 0 Å². The summed E-state index contributed by atoms with van der Waals surface area (Å²) in [4.78, 5) is 11.4. The number of rotatable bonds is 4. The van der Waals surface area contributed by atoms with Gasteiger partial charge in [0.1, 0.15) is 0 Å². The van der Waals surface area contributed by atoms with E-state index < -0.39 is 0 Å². The van der Waals surface area contributed by atoms with Crippen molar-refractivity contribution in [1.82, 2.24) is 5.32 Å². The summed E-state index contributed by atoms with van der Waals surface area (Å²) in [6, 6.07) is 0.515. The van der Waals surface area contributed by atoms with E-state index in [-0.39, 0.29) is 5.91 Å². The van der Waals surface area contributed by atoms with Gasteiger partial charge in [0.2, 0.25) is 5.91 Å². The van der Waals surface area contributed by atoms with Crippen molar-refractivity contribution in [1.29, 1.82) is 0 Å². The first-order valence-electron chi connectivity index (χ1n) is 7.10. The number of amides is 1. The van der Waals surface area contributed by atoms with Crippen LogP contribution in [0.1, 0.15) is 64.7 Å². The third kappa shape index (κ3) is 2.78. The molecule has 0 aromatic carbocycles. The second-order valence-corrected chi connectivity index (χ2v) is 5.56. The van der Waals surface area contributed by atoms with Crippen LogP contribution in [-0.2, 0) is 4.79 Å². The molecule has 0 aromatic rings. The van der Waals surface area contributed by atoms with E-state index in [1.807, 2.05) is 0 Å². The lowest BCUT2D eigenvalue weighted by Gasteiger charge is -2.41. The van der Waals surface area contributed by atoms with Crippen molar-refractivity contribution in [2.24, 2.45) is 11.8 Å². The summed E-state index contributed by atoms with van der Waals surface area (Å²) >= 11 is 0. The molecule has 2 aliphatic rings. The number of hydrogen-bond acceptors (Lipinski definition) is 1. The van der Waals surface area contributed by atoms with Gasteiger partial charge in [-0.05, 0) is 24.7 Å². The third-order valence-corrected chi connectivity index (χ3v) is 4.44. The molecule has 0 spiro atoms. The van der Waals surface area contributed by atoms with E-state index in [1.54, 1.807) is 0 Å². The predicted octanol–water partition coefficient (Wildman–Crippen LogP) is 3.26. The summed E-state index contributed by atoms with van der Waals surface area (Å²) in [7, 11) is 0. The fourth-order valence-electron chi connectivity index (χ4n) is 3.56. The first-order valence-corrected chi connectivity index (χ1v) is 7.10. The van der Waals surface area contributed by atoms with Crippen molar-refractivity contribution in [3.05, 3.63) is 0 Å². The topological polar surface area (TPSA) is 29.1 Å². The summed E-state index contributed by atoms with van der Waals surface area (Å²) < 4.78 is 0. The molecule has 0 aromatic heterocycles. The highest BCUT2D eigenvalue weighted by Gasteiger charge is 2.36. The molecule has 2 fully saturated rings. The van der Waals surface area contributed by atoms with E-state index in [4.69, 9.17) is 0 Å². The van der Waals surface area contributed by atoms with Gasteiger partial charge in [0.25, 0.3) is 0 Å². The van der Waals surface area contributed by atoms with Gasteiger partial charge >= 0.3 is 0 Å². The highest BCUT2D eigenvalue weighted by molar-refractivity contribution is 5.77. The van der Waals surface area contributed by atoms with Crippen LogP contribution in [0.4, 0.5) is 0 Å². The van der Waals surface area contributed by atoms with Crippen molar-refractivity contribution in [2.75, 3.05) is 0 Å². The zero-order chi connectivity index (χ0) is 11.4. The maximum absolute atomic E-state index is 11.4. The van der Waals surface area contributed by atoms with Crippen LogP contribution in [0.2, 0.25) is 0 Å². The van der Waals surface area contributed by atoms with Crippen molar-refractivity contribution in [3.8, 4) is 0 Å². The summed E-state index contributed by atoms with van der Waals surface area (Å²) in [5.41, 5.74) is 0. The number of unbranched alkanes of at least 4 members (excludes halogenated alkanes) is 2. The highest BCUT2D eigenvalue weighted by Crippen LogP contribution is 2.38. The molecule has 2 rings (SSSR count). The van der Waals surface area contributed by atoms with Crippen LogP contribution < -0.4 is 5.32 Å². The lowest BCUT2D eigenvalue weighted by atomic mass is 9.70. The Labute approximate surface area is 99.2 Å². The van der Waals surface area contributed by atoms with E-state index in [0.29, 0.717) is 6.04 Å². The minimum Gasteiger partial charge on any atom is -0.353 e. The molecule has 1 N–H and O–H groups in total. The number of hydrogen-bond donors (Lipinski definition) is 1. The second-order valence-electron chi connectivity index (χ2n) is 5.56. The van der Waals surface area contributed by atoms with Gasteiger partial charge in [-0.15, -0.1) is 0 Å². The predicted molar refractivity (Wildman–Crippen MR) is 66.1 cm³/mol. The molecule has 1 heterocycles. The Balaban J connectivity index is 1.85. The van der Waals surface area contributed by atoms with Gasteiger partial charge in [-0.1, -0.05) is 45.4 Å². The van der Waals surface area contributed by atoms with Crippen LogP contribution in [0.25, 0.3) is 0 Å². The standard InChI is InChI=1S/C14H25NO/c1-2-3-4-6-11-7-5-8-13-12(11)9-10-14(16)15-13/h11-13H,2-10H2,1H3,(H,15,16). The fraction of sp³-hybridized carbons (Fsp3) is 0.929. The van der Waals surface area contributed by atoms with Crippen molar-refractivity contribution >= 4 is 5.91 Å². The molecule has 0 bridgehead atoms. The normalized spacial score (nSPS) is 34.3. The number of nitrogens with one attached hydrogen (secondary N) is 1. The Morgan fingerprint density at radius 3 is 2.94 bits per heavy atom. The van der Waals surface area contributed by atoms with Crippen LogP contribution in [0.3, 0.4) is 0 Å². The van der Waals surface area contributed by atoms with E-state index in [2.05, 4.69) is 12.2 Å². The molecule has 1 amide bonds. The van der Waals surface area contributed by atoms with Gasteiger partial charge in [0.15, 0.2) is 0 Å². The van der Waals surface area contributed by atoms with Gasteiger partial charge in [-0.3, -0.25) is 4.79 Å². The SMILES string of the molecule is CCCCCC1CCCC2NC(=O)CCC12. The minimum absolute atomic E-state index is 0.287. The average Bonchev–Trinajstić information content (AvgIpc) is 2.29. The maximum Gasteiger partial charge on any atom is 0.220 e. The lowest BCUT2D eigenvalue weighted by molar-refractivity contribution is -0.125. The van der Waals surface area contributed by atoms with Crippen LogP contribution in [0.5, 0.6) is 0 Å². The molecule has 1 saturated carbocycles. The first-order chi connectivity index (χ1) is 7.81. The average molecular weight is 223 g/mol. The van der Waals surface area contributed by atoms with Crippen LogP contribution >= 0.6 is 0 Å². The Kier molecular flexibility index (Phi) is 4.25. The molecular formula is C14H25NO. The Morgan fingerprint density at radius 1 is 1.25 bits per heavy atom. The molecular weight excluding hydrogens is 198 g/mol. The maximum atomic E-state index is 11.4. The number of piperidine rings is 1. The molecule has 1 saturated heterocycles. The molecule has 2 heteroatoms. The zero-order valence-electron chi connectivity index (χ0n) is 10.5. The van der Waals surface area contributed by atoms with Crippen molar-refractivity contribution in [2.45, 2.75) is 70.8 Å². The number of carbonyl (C=O) groups is 1. The monoisotopic (exact) mass is 223 g/mol. The Bertz CT molecular complexity index is 239. The summed E-state index contributed by atoms with van der Waals surface area (Å²) in [6.45, 7) is 2.27. The molecule has 2 nitrogen and oxygen atoms in total. The highest BCUT2D eigenvalue weighted by atomic mass is 16.1. The summed E-state index contributed by atoms with van der Waals surface area (Å²) in [6.07, 6.45) is 11.3. The molecule has 16 heavy (non-hydrogen) atoms. The van der Waals surface area contributed by atoms with Gasteiger partial charge < -0.3 is 5.32 Å². The number of carbonyl (C=O) groups excluding carboxylic acids is 1. The third-order valence-electron chi connectivity index (χ3n) is 4.44. The molecule has 1 aliphatic heterocycles. The molecule has 1 aliphatic carbocycles. The van der Waals surface area contributed by atoms with Crippen LogP contribution in [-0.4, -0.2) is 11.9 Å². The van der Waals surface area contributed by atoms with Gasteiger partial charge in [-0.25, -0.2) is 0 Å². The molecule has 0 radical (unpaired) electrons. The number of fused-ring (bicyclic) bond motifs is 1. The first kappa shape index (κ1) is 11.9. The van der Waals surface area contributed by atoms with E-state index in [1.165, 1.54) is 44.9 Å². The fourth-order valence-corrected chi connectivity index (χ4v) is 3.56. The van der Waals surface area contributed by atoms with Crippen molar-refractivity contribution in [3.63, 3.8) is 0 Å². The smallest absolute Gasteiger partial charge is 0.220 e. The Morgan fingerprint density at radius 2 is 2.12 bits per heavy atom. The van der Waals surface area contributed by atoms with Gasteiger partial charge in [0.05, 0.1) is 0 Å². The molecule has 3 unspecified atom stereocenters. The van der Waals surface area contributed by atoms with Crippen molar-refractivity contribution < 1.29 is 4.79 Å². The summed E-state index contributed by atoms with van der Waals surface area (Å²) in [5.74, 6) is 1.98. The molecule has 3 atom stereocenters. The summed E-state index contributed by atoms with van der Waals surface area (Å²) in [5, 5.41) is 3.20. The van der Waals surface area contributed by atoms with Crippen LogP contribution in [0, 0.1) is 11.8 Å². The second kappa shape index (κ2) is 5.70. The Hall–Kier alpha value is -0.530. The van der Waals surface area contributed by atoms with Gasteiger partial charge in [0, 0.05) is 12.5 Å². The van der Waals surface area contributed by atoms with E-state index in [9.17, 15) is 4.79 Å². The molecule has 92 valence electrons. The quantitative estimate of drug-likeness (QED) is 0.728. The van der Waals surface area contributed by atoms with Gasteiger partial charge in [-0.2, -0.15) is 0 Å². The largest absolute Gasteiger partial charge is 0.353 e. The lowest BCUT2D eigenvalue weighted by Crippen LogP contribution is -2.49. The van der Waals surface area contributed by atoms with E-state index in [0.717, 1.165) is 24.7 Å². The zero-order valence-corrected chi connectivity index (χ0v) is 10.5. The minimum atomic E-state index is 0.287.